The number of pyridine rings is 1. The van der Waals surface area contributed by atoms with Crippen molar-refractivity contribution in [3.8, 4) is 22.6 Å². The Hall–Kier alpha value is -3.55. The van der Waals surface area contributed by atoms with Crippen LogP contribution in [0.2, 0.25) is 0 Å². The number of rotatable bonds is 7. The number of aryl methyl sites for hydroxylation is 1. The highest BCUT2D eigenvalue weighted by atomic mass is 16.5. The first kappa shape index (κ1) is 19.2. The quantitative estimate of drug-likeness (QED) is 0.656. The number of carbonyl (C=O) groups is 1. The lowest BCUT2D eigenvalue weighted by atomic mass is 10.1. The number of aromatic nitrogens is 3. The van der Waals surface area contributed by atoms with Gasteiger partial charge in [0.15, 0.2) is 11.5 Å². The molecule has 0 saturated heterocycles. The van der Waals surface area contributed by atoms with Gasteiger partial charge >= 0.3 is 6.03 Å². The molecule has 0 fully saturated rings. The molecular formula is C20H23N5O3. The number of hydrogen-bond acceptors (Lipinski definition) is 5. The Kier molecular flexibility index (Phi) is 6.11. The van der Waals surface area contributed by atoms with Crippen LogP contribution in [-0.4, -0.2) is 35.0 Å². The maximum atomic E-state index is 12.1. The second kappa shape index (κ2) is 8.90. The molecule has 0 radical (unpaired) electrons. The summed E-state index contributed by atoms with van der Waals surface area (Å²) >= 11 is 0. The fraction of sp³-hybridized carbons (Fsp3) is 0.250. The normalized spacial score (nSPS) is 10.4. The standard InChI is InChI=1S/C20H23N5O3/c1-25-13-17(12-24-25)16-6-15(8-21-11-16)10-23-20(26)22-9-14-4-5-18(27-2)19(7-14)28-3/h4-8,11-13H,9-10H2,1-3H3,(H2,22,23,26). The van der Waals surface area contributed by atoms with Crippen LogP contribution < -0.4 is 20.1 Å². The number of urea groups is 1. The van der Waals surface area contributed by atoms with E-state index in [0.29, 0.717) is 24.6 Å². The molecule has 0 atom stereocenters. The molecular weight excluding hydrogens is 358 g/mol. The van der Waals surface area contributed by atoms with Crippen molar-refractivity contribution in [2.24, 2.45) is 7.05 Å². The predicted octanol–water partition coefficient (Wildman–Crippen LogP) is 2.50. The Balaban J connectivity index is 1.53. The molecule has 1 aromatic carbocycles. The van der Waals surface area contributed by atoms with E-state index in [1.165, 1.54) is 0 Å². The van der Waals surface area contributed by atoms with Gasteiger partial charge in [0.1, 0.15) is 0 Å². The minimum atomic E-state index is -0.262. The van der Waals surface area contributed by atoms with Crippen LogP contribution in [0.25, 0.3) is 11.1 Å². The molecule has 28 heavy (non-hydrogen) atoms. The van der Waals surface area contributed by atoms with Crippen molar-refractivity contribution < 1.29 is 14.3 Å². The van der Waals surface area contributed by atoms with E-state index >= 15 is 0 Å². The highest BCUT2D eigenvalue weighted by Gasteiger charge is 2.07. The predicted molar refractivity (Wildman–Crippen MR) is 105 cm³/mol. The molecule has 0 aliphatic rings. The van der Waals surface area contributed by atoms with Crippen LogP contribution in [0.1, 0.15) is 11.1 Å². The maximum Gasteiger partial charge on any atom is 0.315 e. The lowest BCUT2D eigenvalue weighted by molar-refractivity contribution is 0.240. The van der Waals surface area contributed by atoms with E-state index in [1.54, 1.807) is 37.5 Å². The maximum absolute atomic E-state index is 12.1. The van der Waals surface area contributed by atoms with Crippen molar-refractivity contribution in [3.05, 3.63) is 60.2 Å². The van der Waals surface area contributed by atoms with Gasteiger partial charge in [-0.1, -0.05) is 6.07 Å². The van der Waals surface area contributed by atoms with Gasteiger partial charge in [-0.25, -0.2) is 4.79 Å². The SMILES string of the molecule is COc1ccc(CNC(=O)NCc2cncc(-c3cnn(C)c3)c2)cc1OC. The number of nitrogens with zero attached hydrogens (tertiary/aromatic N) is 3. The molecule has 2 amide bonds. The van der Waals surface area contributed by atoms with Gasteiger partial charge in [0, 0.05) is 49.9 Å². The summed E-state index contributed by atoms with van der Waals surface area (Å²) in [7, 11) is 5.03. The molecule has 8 heteroatoms. The molecule has 0 unspecified atom stereocenters. The number of nitrogens with one attached hydrogen (secondary N) is 2. The summed E-state index contributed by atoms with van der Waals surface area (Å²) in [6, 6.07) is 7.24. The summed E-state index contributed by atoms with van der Waals surface area (Å²) in [5, 5.41) is 9.83. The molecule has 0 aliphatic carbocycles. The lowest BCUT2D eigenvalue weighted by Crippen LogP contribution is -2.34. The fourth-order valence-electron chi connectivity index (χ4n) is 2.73. The minimum Gasteiger partial charge on any atom is -0.493 e. The van der Waals surface area contributed by atoms with Crippen LogP contribution in [0.5, 0.6) is 11.5 Å². The second-order valence-electron chi connectivity index (χ2n) is 6.21. The molecule has 146 valence electrons. The smallest absolute Gasteiger partial charge is 0.315 e. The first-order valence-corrected chi connectivity index (χ1v) is 8.74. The molecule has 2 heterocycles. The van der Waals surface area contributed by atoms with E-state index in [1.807, 2.05) is 37.5 Å². The Morgan fingerprint density at radius 1 is 0.964 bits per heavy atom. The molecule has 0 saturated carbocycles. The van der Waals surface area contributed by atoms with Gasteiger partial charge in [-0.3, -0.25) is 9.67 Å². The molecule has 2 aromatic heterocycles. The highest BCUT2D eigenvalue weighted by Crippen LogP contribution is 2.27. The molecule has 2 N–H and O–H groups in total. The summed E-state index contributed by atoms with van der Waals surface area (Å²) in [5.74, 6) is 1.28. The van der Waals surface area contributed by atoms with Gasteiger partial charge in [0.2, 0.25) is 0 Å². The molecule has 8 nitrogen and oxygen atoms in total. The van der Waals surface area contributed by atoms with Crippen LogP contribution in [0, 0.1) is 0 Å². The van der Waals surface area contributed by atoms with E-state index in [2.05, 4.69) is 20.7 Å². The van der Waals surface area contributed by atoms with Crippen molar-refractivity contribution in [2.75, 3.05) is 14.2 Å². The van der Waals surface area contributed by atoms with Gasteiger partial charge in [-0.15, -0.1) is 0 Å². The third kappa shape index (κ3) is 4.79. The van der Waals surface area contributed by atoms with Gasteiger partial charge in [-0.05, 0) is 29.3 Å². The van der Waals surface area contributed by atoms with E-state index in [0.717, 1.165) is 22.3 Å². The number of amides is 2. The Morgan fingerprint density at radius 2 is 1.71 bits per heavy atom. The van der Waals surface area contributed by atoms with Gasteiger partial charge in [0.25, 0.3) is 0 Å². The van der Waals surface area contributed by atoms with Crippen LogP contribution >= 0.6 is 0 Å². The Labute approximate surface area is 163 Å². The largest absolute Gasteiger partial charge is 0.493 e. The second-order valence-corrected chi connectivity index (χ2v) is 6.21. The Morgan fingerprint density at radius 3 is 2.39 bits per heavy atom. The number of benzene rings is 1. The zero-order chi connectivity index (χ0) is 19.9. The lowest BCUT2D eigenvalue weighted by Gasteiger charge is -2.11. The topological polar surface area (TPSA) is 90.3 Å². The zero-order valence-corrected chi connectivity index (χ0v) is 16.1. The number of methoxy groups -OCH3 is 2. The fourth-order valence-corrected chi connectivity index (χ4v) is 2.73. The van der Waals surface area contributed by atoms with E-state index in [-0.39, 0.29) is 6.03 Å². The van der Waals surface area contributed by atoms with Crippen LogP contribution in [-0.2, 0) is 20.1 Å². The summed E-state index contributed by atoms with van der Waals surface area (Å²) in [4.78, 5) is 16.4. The Bertz CT molecular complexity index is 955. The van der Waals surface area contributed by atoms with Crippen molar-refractivity contribution in [3.63, 3.8) is 0 Å². The van der Waals surface area contributed by atoms with E-state index < -0.39 is 0 Å². The van der Waals surface area contributed by atoms with Crippen LogP contribution in [0.4, 0.5) is 4.79 Å². The first-order chi connectivity index (χ1) is 13.6. The zero-order valence-electron chi connectivity index (χ0n) is 16.1. The monoisotopic (exact) mass is 381 g/mol. The highest BCUT2D eigenvalue weighted by molar-refractivity contribution is 5.74. The summed E-state index contributed by atoms with van der Waals surface area (Å²) < 4.78 is 12.2. The van der Waals surface area contributed by atoms with Crippen molar-refractivity contribution in [2.45, 2.75) is 13.1 Å². The molecule has 3 rings (SSSR count). The minimum absolute atomic E-state index is 0.262. The van der Waals surface area contributed by atoms with E-state index in [4.69, 9.17) is 9.47 Å². The molecule has 0 aliphatic heterocycles. The average molecular weight is 381 g/mol. The van der Waals surface area contributed by atoms with E-state index in [9.17, 15) is 4.79 Å². The third-order valence-electron chi connectivity index (χ3n) is 4.19. The number of hydrogen-bond donors (Lipinski definition) is 2. The van der Waals surface area contributed by atoms with Crippen LogP contribution in [0.15, 0.2) is 49.1 Å². The van der Waals surface area contributed by atoms with Crippen molar-refractivity contribution >= 4 is 6.03 Å². The first-order valence-electron chi connectivity index (χ1n) is 8.74. The molecule has 0 spiro atoms. The summed E-state index contributed by atoms with van der Waals surface area (Å²) in [6.07, 6.45) is 7.21. The summed E-state index contributed by atoms with van der Waals surface area (Å²) in [5.41, 5.74) is 3.75. The van der Waals surface area contributed by atoms with Crippen LogP contribution in [0.3, 0.4) is 0 Å². The number of carbonyl (C=O) groups excluding carboxylic acids is 1. The molecule has 0 bridgehead atoms. The van der Waals surface area contributed by atoms with Gasteiger partial charge in [-0.2, -0.15) is 5.10 Å². The van der Waals surface area contributed by atoms with Gasteiger partial charge < -0.3 is 20.1 Å². The molecule has 3 aromatic rings. The average Bonchev–Trinajstić information content (AvgIpc) is 3.17. The third-order valence-corrected chi connectivity index (χ3v) is 4.19. The van der Waals surface area contributed by atoms with Crippen molar-refractivity contribution in [1.29, 1.82) is 0 Å². The number of ether oxygens (including phenoxy) is 2. The summed E-state index contributed by atoms with van der Waals surface area (Å²) in [6.45, 7) is 0.749. The van der Waals surface area contributed by atoms with Gasteiger partial charge in [0.05, 0.1) is 20.4 Å². The van der Waals surface area contributed by atoms with Crippen molar-refractivity contribution in [1.82, 2.24) is 25.4 Å².